The number of nitrogens with zero attached hydrogens (tertiary/aromatic N) is 2. The molecule has 0 aromatic heterocycles. The molecule has 0 unspecified atom stereocenters. The van der Waals surface area contributed by atoms with Crippen LogP contribution in [0, 0.1) is 10.1 Å². The molecule has 0 bridgehead atoms. The maximum absolute atomic E-state index is 12.6. The molecule has 0 radical (unpaired) electrons. The number of hydrogen-bond donors (Lipinski definition) is 0. The van der Waals surface area contributed by atoms with E-state index in [0.29, 0.717) is 18.7 Å². The lowest BCUT2D eigenvalue weighted by molar-refractivity contribution is -0.384. The molecule has 3 rings (SSSR count). The summed E-state index contributed by atoms with van der Waals surface area (Å²) in [5, 5.41) is 11.3. The van der Waals surface area contributed by atoms with Crippen LogP contribution < -0.4 is 0 Å². The molecule has 30 heavy (non-hydrogen) atoms. The Kier molecular flexibility index (Phi) is 6.73. The van der Waals surface area contributed by atoms with Gasteiger partial charge in [-0.05, 0) is 24.5 Å². The molecule has 0 N–H and O–H groups in total. The van der Waals surface area contributed by atoms with Crippen molar-refractivity contribution >= 4 is 29.2 Å². The number of carbonyl (C=O) groups is 2. The third-order valence-electron chi connectivity index (χ3n) is 5.01. The van der Waals surface area contributed by atoms with Gasteiger partial charge in [0.05, 0.1) is 42.3 Å². The first-order chi connectivity index (χ1) is 14.3. The number of hydrogen-bond acceptors (Lipinski definition) is 8. The predicted molar refractivity (Wildman–Crippen MR) is 107 cm³/mol. The molecule has 0 saturated carbocycles. The van der Waals surface area contributed by atoms with E-state index in [1.807, 2.05) is 0 Å². The van der Waals surface area contributed by atoms with Gasteiger partial charge in [-0.1, -0.05) is 17.7 Å². The number of nitro groups is 1. The summed E-state index contributed by atoms with van der Waals surface area (Å²) in [6, 6.07) is 4.14. The number of methoxy groups -OCH3 is 2. The van der Waals surface area contributed by atoms with E-state index in [4.69, 9.17) is 25.8 Å². The summed E-state index contributed by atoms with van der Waals surface area (Å²) in [6.45, 7) is 1.10. The molecule has 9 nitrogen and oxygen atoms in total. The lowest BCUT2D eigenvalue weighted by Gasteiger charge is -2.31. The van der Waals surface area contributed by atoms with E-state index in [-0.39, 0.29) is 28.0 Å². The highest BCUT2D eigenvalue weighted by Gasteiger charge is 2.36. The Hall–Kier alpha value is -2.91. The lowest BCUT2D eigenvalue weighted by Crippen LogP contribution is -2.32. The fraction of sp³-hybridized carbons (Fsp3) is 0.400. The zero-order valence-electron chi connectivity index (χ0n) is 16.5. The number of nitro benzene ring substituents is 1. The zero-order chi connectivity index (χ0) is 21.8. The Morgan fingerprint density at radius 2 is 1.87 bits per heavy atom. The van der Waals surface area contributed by atoms with Crippen LogP contribution in [0.4, 0.5) is 5.69 Å². The van der Waals surface area contributed by atoms with Crippen molar-refractivity contribution in [3.05, 3.63) is 62.4 Å². The van der Waals surface area contributed by atoms with Crippen LogP contribution in [-0.4, -0.2) is 55.2 Å². The van der Waals surface area contributed by atoms with Gasteiger partial charge < -0.3 is 19.1 Å². The Morgan fingerprint density at radius 1 is 1.23 bits per heavy atom. The first-order valence-electron chi connectivity index (χ1n) is 9.27. The Morgan fingerprint density at radius 3 is 2.37 bits per heavy atom. The van der Waals surface area contributed by atoms with Gasteiger partial charge in [-0.15, -0.1) is 0 Å². The van der Waals surface area contributed by atoms with Gasteiger partial charge in [0, 0.05) is 31.6 Å². The summed E-state index contributed by atoms with van der Waals surface area (Å²) in [5.74, 6) is -2.24. The average Bonchev–Trinajstić information content (AvgIpc) is 3.25. The minimum absolute atomic E-state index is 0.0385. The van der Waals surface area contributed by atoms with E-state index in [9.17, 15) is 19.7 Å². The minimum Gasteiger partial charge on any atom is -0.466 e. The molecule has 10 heteroatoms. The number of halogens is 1. The standard InChI is InChI=1S/C20H21ClN2O7/c1-28-19(24)14-10-22(9-13-4-3-7-30-13)11-15(20(25)29-2)18(14)12-5-6-16(21)17(8-12)23(26)27/h5-6,8,10-11,13,18H,3-4,7,9H2,1-2H3/t13-/m0/s1. The van der Waals surface area contributed by atoms with Crippen molar-refractivity contribution < 1.29 is 28.7 Å². The molecule has 160 valence electrons. The fourth-order valence-corrected chi connectivity index (χ4v) is 3.81. The number of ether oxygens (including phenoxy) is 3. The van der Waals surface area contributed by atoms with Crippen LogP contribution in [0.25, 0.3) is 0 Å². The maximum Gasteiger partial charge on any atom is 0.336 e. The van der Waals surface area contributed by atoms with Gasteiger partial charge >= 0.3 is 11.9 Å². The van der Waals surface area contributed by atoms with Gasteiger partial charge in [0.25, 0.3) is 5.69 Å². The number of benzene rings is 1. The largest absolute Gasteiger partial charge is 0.466 e. The van der Waals surface area contributed by atoms with Crippen molar-refractivity contribution in [3.63, 3.8) is 0 Å². The van der Waals surface area contributed by atoms with Crippen LogP contribution in [0.5, 0.6) is 0 Å². The number of carbonyl (C=O) groups excluding carboxylic acids is 2. The molecule has 1 aromatic rings. The highest BCUT2D eigenvalue weighted by Crippen LogP contribution is 2.39. The Labute approximate surface area is 178 Å². The molecule has 0 aliphatic carbocycles. The molecule has 0 spiro atoms. The van der Waals surface area contributed by atoms with Crippen molar-refractivity contribution in [1.82, 2.24) is 4.90 Å². The first kappa shape index (κ1) is 21.8. The van der Waals surface area contributed by atoms with Gasteiger partial charge in [0.1, 0.15) is 5.02 Å². The van der Waals surface area contributed by atoms with Crippen LogP contribution in [0.3, 0.4) is 0 Å². The number of esters is 2. The van der Waals surface area contributed by atoms with Crippen molar-refractivity contribution in [3.8, 4) is 0 Å². The van der Waals surface area contributed by atoms with Crippen molar-refractivity contribution in [2.45, 2.75) is 24.9 Å². The van der Waals surface area contributed by atoms with E-state index >= 15 is 0 Å². The maximum atomic E-state index is 12.6. The van der Waals surface area contributed by atoms with Crippen molar-refractivity contribution in [1.29, 1.82) is 0 Å². The van der Waals surface area contributed by atoms with Crippen LogP contribution in [-0.2, 0) is 23.8 Å². The summed E-state index contributed by atoms with van der Waals surface area (Å²) in [7, 11) is 2.45. The van der Waals surface area contributed by atoms with Gasteiger partial charge in [-0.3, -0.25) is 10.1 Å². The SMILES string of the molecule is COC(=O)C1=CN(C[C@@H]2CCCO2)C=C(C(=O)OC)C1c1ccc(Cl)c([N+](=O)[O-])c1. The highest BCUT2D eigenvalue weighted by molar-refractivity contribution is 6.32. The van der Waals surface area contributed by atoms with Crippen LogP contribution in [0.2, 0.25) is 5.02 Å². The fourth-order valence-electron chi connectivity index (χ4n) is 3.63. The van der Waals surface area contributed by atoms with Gasteiger partial charge in [-0.2, -0.15) is 0 Å². The van der Waals surface area contributed by atoms with Crippen LogP contribution in [0.1, 0.15) is 24.3 Å². The van der Waals surface area contributed by atoms with Gasteiger partial charge in [0.15, 0.2) is 0 Å². The lowest BCUT2D eigenvalue weighted by atomic mass is 9.83. The van der Waals surface area contributed by atoms with Gasteiger partial charge in [0.2, 0.25) is 0 Å². The van der Waals surface area contributed by atoms with Gasteiger partial charge in [-0.25, -0.2) is 9.59 Å². The normalized spacial score (nSPS) is 19.2. The Bertz CT molecular complexity index is 888. The summed E-state index contributed by atoms with van der Waals surface area (Å²) in [4.78, 5) is 37.6. The summed E-state index contributed by atoms with van der Waals surface area (Å²) in [5.41, 5.74) is 0.311. The molecule has 0 amide bonds. The van der Waals surface area contributed by atoms with E-state index in [2.05, 4.69) is 0 Å². The average molecular weight is 437 g/mol. The van der Waals surface area contributed by atoms with Crippen LogP contribution >= 0.6 is 11.6 Å². The van der Waals surface area contributed by atoms with E-state index in [1.165, 1.54) is 32.4 Å². The van der Waals surface area contributed by atoms with E-state index in [0.717, 1.165) is 12.8 Å². The molecule has 1 fully saturated rings. The molecular formula is C20H21ClN2O7. The third-order valence-corrected chi connectivity index (χ3v) is 5.33. The second-order valence-corrected chi connectivity index (χ2v) is 7.29. The second-order valence-electron chi connectivity index (χ2n) is 6.88. The molecule has 1 atom stereocenters. The quantitative estimate of drug-likeness (QED) is 0.380. The second kappa shape index (κ2) is 9.27. The molecular weight excluding hydrogens is 416 g/mol. The monoisotopic (exact) mass is 436 g/mol. The summed E-state index contributed by atoms with van der Waals surface area (Å²) >= 11 is 5.92. The van der Waals surface area contributed by atoms with E-state index in [1.54, 1.807) is 17.3 Å². The summed E-state index contributed by atoms with van der Waals surface area (Å²) < 4.78 is 15.5. The van der Waals surface area contributed by atoms with Crippen molar-refractivity contribution in [2.24, 2.45) is 0 Å². The third kappa shape index (κ3) is 4.47. The number of rotatable bonds is 6. The zero-order valence-corrected chi connectivity index (χ0v) is 17.3. The topological polar surface area (TPSA) is 108 Å². The highest BCUT2D eigenvalue weighted by atomic mass is 35.5. The molecule has 1 aromatic carbocycles. The minimum atomic E-state index is -0.915. The van der Waals surface area contributed by atoms with E-state index < -0.39 is 22.8 Å². The van der Waals surface area contributed by atoms with Crippen LogP contribution in [0.15, 0.2) is 41.7 Å². The summed E-state index contributed by atoms with van der Waals surface area (Å²) in [6.07, 6.45) is 4.92. The van der Waals surface area contributed by atoms with Crippen molar-refractivity contribution in [2.75, 3.05) is 27.4 Å². The molecule has 2 heterocycles. The molecule has 1 saturated heterocycles. The predicted octanol–water partition coefficient (Wildman–Crippen LogP) is 2.94. The first-order valence-corrected chi connectivity index (χ1v) is 9.64. The molecule has 2 aliphatic rings. The molecule has 2 aliphatic heterocycles. The smallest absolute Gasteiger partial charge is 0.336 e. The Balaban J connectivity index is 2.08.